The Morgan fingerprint density at radius 2 is 2.00 bits per heavy atom. The normalized spacial score (nSPS) is 11.1. The average Bonchev–Trinajstić information content (AvgIpc) is 2.94. The first kappa shape index (κ1) is 17.7. The van der Waals surface area contributed by atoms with E-state index >= 15 is 0 Å². The van der Waals surface area contributed by atoms with E-state index in [-0.39, 0.29) is 5.91 Å². The molecular formula is C16H25N5OS. The van der Waals surface area contributed by atoms with E-state index in [0.29, 0.717) is 23.2 Å². The molecule has 126 valence electrons. The molecule has 7 heteroatoms. The highest BCUT2D eigenvalue weighted by molar-refractivity contribution is 7.99. The Hall–Kier alpha value is -1.63. The molecule has 0 radical (unpaired) electrons. The first-order valence-electron chi connectivity index (χ1n) is 8.19. The molecule has 0 aliphatic rings. The van der Waals surface area contributed by atoms with Crippen LogP contribution in [0.4, 0.5) is 0 Å². The van der Waals surface area contributed by atoms with Crippen molar-refractivity contribution >= 4 is 23.4 Å². The van der Waals surface area contributed by atoms with Gasteiger partial charge in [-0.05, 0) is 38.7 Å². The maximum absolute atomic E-state index is 11.7. The summed E-state index contributed by atoms with van der Waals surface area (Å²) in [4.78, 5) is 20.7. The fourth-order valence-corrected chi connectivity index (χ4v) is 3.06. The zero-order chi connectivity index (χ0) is 16.8. The quantitative estimate of drug-likeness (QED) is 0.751. The van der Waals surface area contributed by atoms with Gasteiger partial charge in [0.1, 0.15) is 0 Å². The highest BCUT2D eigenvalue weighted by Crippen LogP contribution is 2.19. The van der Waals surface area contributed by atoms with Crippen molar-refractivity contribution in [2.75, 3.05) is 12.3 Å². The summed E-state index contributed by atoms with van der Waals surface area (Å²) in [7, 11) is 0. The van der Waals surface area contributed by atoms with Crippen molar-refractivity contribution in [2.45, 2.75) is 58.5 Å². The SMILES string of the molecule is CCCCc1c(C)nc2nc(SCC(=O)NCCC)nn2c1C. The Morgan fingerprint density at radius 3 is 2.70 bits per heavy atom. The van der Waals surface area contributed by atoms with Crippen LogP contribution in [0.1, 0.15) is 50.1 Å². The van der Waals surface area contributed by atoms with E-state index in [4.69, 9.17) is 0 Å². The number of amides is 1. The molecule has 0 aliphatic carbocycles. The molecule has 23 heavy (non-hydrogen) atoms. The van der Waals surface area contributed by atoms with Gasteiger partial charge in [0.25, 0.3) is 5.78 Å². The van der Waals surface area contributed by atoms with Crippen LogP contribution in [0.5, 0.6) is 0 Å². The van der Waals surface area contributed by atoms with Crippen LogP contribution in [-0.2, 0) is 11.2 Å². The fourth-order valence-electron chi connectivity index (χ4n) is 2.41. The topological polar surface area (TPSA) is 72.2 Å². The molecule has 2 rings (SSSR count). The first-order chi connectivity index (χ1) is 11.1. The lowest BCUT2D eigenvalue weighted by molar-refractivity contribution is -0.118. The number of nitrogens with one attached hydrogen (secondary N) is 1. The third kappa shape index (κ3) is 4.43. The van der Waals surface area contributed by atoms with E-state index in [0.717, 1.165) is 37.1 Å². The predicted octanol–water partition coefficient (Wildman–Crippen LogP) is 2.70. The van der Waals surface area contributed by atoms with E-state index in [1.165, 1.54) is 17.3 Å². The van der Waals surface area contributed by atoms with Crippen molar-refractivity contribution < 1.29 is 4.79 Å². The van der Waals surface area contributed by atoms with Crippen molar-refractivity contribution in [2.24, 2.45) is 0 Å². The molecule has 0 saturated carbocycles. The van der Waals surface area contributed by atoms with Crippen LogP contribution in [-0.4, -0.2) is 37.8 Å². The number of unbranched alkanes of at least 4 members (excludes halogenated alkanes) is 1. The molecular weight excluding hydrogens is 310 g/mol. The summed E-state index contributed by atoms with van der Waals surface area (Å²) in [5, 5.41) is 7.95. The first-order valence-corrected chi connectivity index (χ1v) is 9.17. The summed E-state index contributed by atoms with van der Waals surface area (Å²) in [6, 6.07) is 0. The van der Waals surface area contributed by atoms with Crippen molar-refractivity contribution in [3.63, 3.8) is 0 Å². The molecule has 0 aliphatic heterocycles. The van der Waals surface area contributed by atoms with E-state index in [2.05, 4.69) is 34.2 Å². The summed E-state index contributed by atoms with van der Waals surface area (Å²) in [5.74, 6) is 0.953. The largest absolute Gasteiger partial charge is 0.355 e. The maximum Gasteiger partial charge on any atom is 0.253 e. The molecule has 2 aromatic heterocycles. The smallest absolute Gasteiger partial charge is 0.253 e. The molecule has 0 bridgehead atoms. The second kappa shape index (κ2) is 8.29. The summed E-state index contributed by atoms with van der Waals surface area (Å²) in [6.07, 6.45) is 4.25. The second-order valence-electron chi connectivity index (χ2n) is 5.61. The van der Waals surface area contributed by atoms with E-state index in [1.54, 1.807) is 4.52 Å². The van der Waals surface area contributed by atoms with Gasteiger partial charge in [-0.1, -0.05) is 32.0 Å². The fraction of sp³-hybridized carbons (Fsp3) is 0.625. The van der Waals surface area contributed by atoms with Gasteiger partial charge in [0.2, 0.25) is 11.1 Å². The lowest BCUT2D eigenvalue weighted by atomic mass is 10.1. The van der Waals surface area contributed by atoms with Gasteiger partial charge in [0.15, 0.2) is 0 Å². The van der Waals surface area contributed by atoms with Crippen LogP contribution in [0.15, 0.2) is 5.16 Å². The number of nitrogens with zero attached hydrogens (tertiary/aromatic N) is 4. The number of carbonyl (C=O) groups is 1. The van der Waals surface area contributed by atoms with Crippen molar-refractivity contribution in [1.82, 2.24) is 24.9 Å². The molecule has 1 amide bonds. The minimum Gasteiger partial charge on any atom is -0.355 e. The Kier molecular flexibility index (Phi) is 6.38. The van der Waals surface area contributed by atoms with Crippen LogP contribution >= 0.6 is 11.8 Å². The molecule has 0 unspecified atom stereocenters. The van der Waals surface area contributed by atoms with Crippen LogP contribution in [0.2, 0.25) is 0 Å². The minimum absolute atomic E-state index is 0.0141. The van der Waals surface area contributed by atoms with E-state index < -0.39 is 0 Å². The van der Waals surface area contributed by atoms with E-state index in [9.17, 15) is 4.79 Å². The molecule has 6 nitrogen and oxygen atoms in total. The Balaban J connectivity index is 2.15. The molecule has 0 saturated heterocycles. The lowest BCUT2D eigenvalue weighted by Crippen LogP contribution is -2.25. The van der Waals surface area contributed by atoms with Gasteiger partial charge >= 0.3 is 0 Å². The monoisotopic (exact) mass is 335 g/mol. The number of thioether (sulfide) groups is 1. The van der Waals surface area contributed by atoms with Gasteiger partial charge in [0.05, 0.1) is 5.75 Å². The average molecular weight is 335 g/mol. The molecule has 1 N–H and O–H groups in total. The number of aryl methyl sites for hydroxylation is 2. The number of aromatic nitrogens is 4. The Bertz CT molecular complexity index is 683. The maximum atomic E-state index is 11.7. The number of hydrogen-bond donors (Lipinski definition) is 1. The van der Waals surface area contributed by atoms with Crippen LogP contribution in [0.3, 0.4) is 0 Å². The van der Waals surface area contributed by atoms with Crippen molar-refractivity contribution in [3.8, 4) is 0 Å². The summed E-state index contributed by atoms with van der Waals surface area (Å²) >= 11 is 1.35. The highest BCUT2D eigenvalue weighted by Gasteiger charge is 2.14. The standard InChI is InChI=1S/C16H25N5OS/c1-5-7-8-13-11(3)18-15-19-16(20-21(15)12(13)4)23-10-14(22)17-9-6-2/h5-10H2,1-4H3,(H,17,22). The van der Waals surface area contributed by atoms with Crippen LogP contribution in [0, 0.1) is 13.8 Å². The van der Waals surface area contributed by atoms with Gasteiger partial charge < -0.3 is 5.32 Å². The number of fused-ring (bicyclic) bond motifs is 1. The number of carbonyl (C=O) groups excluding carboxylic acids is 1. The molecule has 0 spiro atoms. The van der Waals surface area contributed by atoms with Gasteiger partial charge in [-0.2, -0.15) is 4.98 Å². The molecule has 2 heterocycles. The van der Waals surface area contributed by atoms with Gasteiger partial charge in [-0.3, -0.25) is 4.79 Å². The van der Waals surface area contributed by atoms with Gasteiger partial charge in [-0.15, -0.1) is 5.10 Å². The molecule has 2 aromatic rings. The highest BCUT2D eigenvalue weighted by atomic mass is 32.2. The second-order valence-corrected chi connectivity index (χ2v) is 6.55. The van der Waals surface area contributed by atoms with Gasteiger partial charge in [-0.25, -0.2) is 9.50 Å². The van der Waals surface area contributed by atoms with Crippen LogP contribution < -0.4 is 5.32 Å². The molecule has 0 atom stereocenters. The van der Waals surface area contributed by atoms with Gasteiger partial charge in [0, 0.05) is 17.9 Å². The lowest BCUT2D eigenvalue weighted by Gasteiger charge is -2.09. The van der Waals surface area contributed by atoms with Crippen LogP contribution in [0.25, 0.3) is 5.78 Å². The molecule has 0 aromatic carbocycles. The molecule has 0 fully saturated rings. The number of rotatable bonds is 8. The summed E-state index contributed by atoms with van der Waals surface area (Å²) in [6.45, 7) is 9.01. The van der Waals surface area contributed by atoms with Crippen molar-refractivity contribution in [3.05, 3.63) is 17.0 Å². The van der Waals surface area contributed by atoms with E-state index in [1.807, 2.05) is 13.8 Å². The Labute approximate surface area is 141 Å². The minimum atomic E-state index is 0.0141. The third-order valence-electron chi connectivity index (χ3n) is 3.71. The summed E-state index contributed by atoms with van der Waals surface area (Å²) < 4.78 is 1.80. The number of hydrogen-bond acceptors (Lipinski definition) is 5. The van der Waals surface area contributed by atoms with Crippen molar-refractivity contribution in [1.29, 1.82) is 0 Å². The zero-order valence-corrected chi connectivity index (χ0v) is 15.2. The summed E-state index contributed by atoms with van der Waals surface area (Å²) in [5.41, 5.74) is 3.37. The third-order valence-corrected chi connectivity index (χ3v) is 4.55. The predicted molar refractivity (Wildman–Crippen MR) is 92.9 cm³/mol. The Morgan fingerprint density at radius 1 is 1.22 bits per heavy atom. The zero-order valence-electron chi connectivity index (χ0n) is 14.3.